The molecule has 0 radical (unpaired) electrons. The van der Waals surface area contributed by atoms with Gasteiger partial charge in [-0.1, -0.05) is 0 Å². The van der Waals surface area contributed by atoms with Crippen LogP contribution in [0.5, 0.6) is 0 Å². The molecule has 3 nitrogen and oxygen atoms in total. The average Bonchev–Trinajstić information content (AvgIpc) is 2.61. The number of nitrogens with one attached hydrogen (secondary N) is 1. The van der Waals surface area contributed by atoms with Gasteiger partial charge in [0, 0.05) is 16.7 Å². The van der Waals surface area contributed by atoms with E-state index in [1.807, 2.05) is 24.0 Å². The highest BCUT2D eigenvalue weighted by molar-refractivity contribution is 9.10. The molecule has 17 heavy (non-hydrogen) atoms. The molecule has 0 bridgehead atoms. The molecule has 2 aromatic heterocycles. The van der Waals surface area contributed by atoms with Gasteiger partial charge >= 0.3 is 0 Å². The molecular formula is C11H14BrN3S2. The van der Waals surface area contributed by atoms with E-state index in [9.17, 15) is 0 Å². The molecule has 0 aromatic carbocycles. The lowest BCUT2D eigenvalue weighted by atomic mass is 10.2. The molecule has 0 aliphatic rings. The van der Waals surface area contributed by atoms with E-state index < -0.39 is 0 Å². The van der Waals surface area contributed by atoms with Gasteiger partial charge in [-0.25, -0.2) is 4.98 Å². The van der Waals surface area contributed by atoms with Gasteiger partial charge in [-0.3, -0.25) is 4.57 Å². The van der Waals surface area contributed by atoms with Crippen LogP contribution in [0.25, 0.3) is 11.2 Å². The summed E-state index contributed by atoms with van der Waals surface area (Å²) in [7, 11) is 0. The smallest absolute Gasteiger partial charge is 0.179 e. The van der Waals surface area contributed by atoms with Gasteiger partial charge in [0.15, 0.2) is 10.4 Å². The Morgan fingerprint density at radius 3 is 3.12 bits per heavy atom. The zero-order chi connectivity index (χ0) is 12.4. The topological polar surface area (TPSA) is 33.6 Å². The Morgan fingerprint density at radius 1 is 1.65 bits per heavy atom. The van der Waals surface area contributed by atoms with Gasteiger partial charge in [0.1, 0.15) is 0 Å². The first-order chi connectivity index (χ1) is 8.13. The minimum absolute atomic E-state index is 0.373. The minimum atomic E-state index is 0.373. The van der Waals surface area contributed by atoms with E-state index in [4.69, 9.17) is 12.2 Å². The molecule has 2 heterocycles. The summed E-state index contributed by atoms with van der Waals surface area (Å²) in [5.41, 5.74) is 1.92. The van der Waals surface area contributed by atoms with E-state index in [1.165, 1.54) is 0 Å². The van der Waals surface area contributed by atoms with Crippen LogP contribution >= 0.6 is 39.9 Å². The Kier molecular flexibility index (Phi) is 4.27. The van der Waals surface area contributed by atoms with Crippen LogP contribution in [0.2, 0.25) is 0 Å². The zero-order valence-electron chi connectivity index (χ0n) is 9.74. The van der Waals surface area contributed by atoms with Crippen molar-refractivity contribution in [1.82, 2.24) is 14.5 Å². The van der Waals surface area contributed by atoms with Crippen molar-refractivity contribution in [3.8, 4) is 0 Å². The third kappa shape index (κ3) is 2.74. The lowest BCUT2D eigenvalue weighted by Gasteiger charge is -2.13. The van der Waals surface area contributed by atoms with Crippen molar-refractivity contribution < 1.29 is 0 Å². The van der Waals surface area contributed by atoms with Gasteiger partial charge < -0.3 is 4.98 Å². The SMILES string of the molecule is CSCCC(C)n1c(=S)[nH]c2cc(Br)cnc21. The van der Waals surface area contributed by atoms with Crippen LogP contribution in [-0.2, 0) is 0 Å². The van der Waals surface area contributed by atoms with Crippen molar-refractivity contribution in [2.24, 2.45) is 0 Å². The van der Waals surface area contributed by atoms with Gasteiger partial charge in [-0.2, -0.15) is 11.8 Å². The largest absolute Gasteiger partial charge is 0.329 e. The maximum Gasteiger partial charge on any atom is 0.179 e. The average molecular weight is 332 g/mol. The number of aromatic nitrogens is 3. The van der Waals surface area contributed by atoms with E-state index in [0.29, 0.717) is 6.04 Å². The number of fused-ring (bicyclic) bond motifs is 1. The molecule has 1 atom stereocenters. The van der Waals surface area contributed by atoms with Gasteiger partial charge in [-0.15, -0.1) is 0 Å². The maximum absolute atomic E-state index is 5.37. The van der Waals surface area contributed by atoms with Crippen molar-refractivity contribution >= 4 is 51.1 Å². The maximum atomic E-state index is 5.37. The van der Waals surface area contributed by atoms with E-state index >= 15 is 0 Å². The summed E-state index contributed by atoms with van der Waals surface area (Å²) in [5, 5.41) is 0. The number of H-pyrrole nitrogens is 1. The van der Waals surface area contributed by atoms with Gasteiger partial charge in [0.25, 0.3) is 0 Å². The van der Waals surface area contributed by atoms with E-state index in [0.717, 1.165) is 32.6 Å². The molecule has 0 saturated carbocycles. The van der Waals surface area contributed by atoms with Crippen molar-refractivity contribution in [1.29, 1.82) is 0 Å². The van der Waals surface area contributed by atoms with Crippen LogP contribution < -0.4 is 0 Å². The Morgan fingerprint density at radius 2 is 2.41 bits per heavy atom. The first-order valence-corrected chi connectivity index (χ1v) is 7.97. The Labute approximate surface area is 118 Å². The number of aromatic amines is 1. The third-order valence-electron chi connectivity index (χ3n) is 2.70. The van der Waals surface area contributed by atoms with E-state index in [2.05, 4.69) is 43.6 Å². The fraction of sp³-hybridized carbons (Fsp3) is 0.455. The molecule has 2 rings (SSSR count). The fourth-order valence-electron chi connectivity index (χ4n) is 1.81. The number of pyridine rings is 1. The van der Waals surface area contributed by atoms with Crippen LogP contribution in [0.15, 0.2) is 16.7 Å². The monoisotopic (exact) mass is 331 g/mol. The van der Waals surface area contributed by atoms with Crippen LogP contribution in [0.1, 0.15) is 19.4 Å². The molecule has 0 spiro atoms. The Bertz CT molecular complexity index is 576. The lowest BCUT2D eigenvalue weighted by Crippen LogP contribution is -2.07. The summed E-state index contributed by atoms with van der Waals surface area (Å²) >= 11 is 10.6. The molecule has 92 valence electrons. The van der Waals surface area contributed by atoms with Gasteiger partial charge in [0.2, 0.25) is 0 Å². The molecular weight excluding hydrogens is 318 g/mol. The highest BCUT2D eigenvalue weighted by Crippen LogP contribution is 2.22. The summed E-state index contributed by atoms with van der Waals surface area (Å²) < 4.78 is 3.82. The van der Waals surface area contributed by atoms with Gasteiger partial charge in [0.05, 0.1) is 5.52 Å². The van der Waals surface area contributed by atoms with Crippen molar-refractivity contribution in [2.45, 2.75) is 19.4 Å². The molecule has 2 aromatic rings. The first-order valence-electron chi connectivity index (χ1n) is 5.38. The molecule has 0 fully saturated rings. The zero-order valence-corrected chi connectivity index (χ0v) is 13.0. The number of hydrogen-bond donors (Lipinski definition) is 1. The molecule has 0 aliphatic carbocycles. The molecule has 6 heteroatoms. The number of hydrogen-bond acceptors (Lipinski definition) is 3. The first kappa shape index (κ1) is 13.1. The number of rotatable bonds is 4. The molecule has 0 aliphatic heterocycles. The summed E-state index contributed by atoms with van der Waals surface area (Å²) in [5.74, 6) is 1.13. The van der Waals surface area contributed by atoms with E-state index in [1.54, 1.807) is 0 Å². The highest BCUT2D eigenvalue weighted by atomic mass is 79.9. The molecule has 0 amide bonds. The number of halogens is 1. The minimum Gasteiger partial charge on any atom is -0.329 e. The Balaban J connectivity index is 2.46. The second-order valence-electron chi connectivity index (χ2n) is 3.96. The quantitative estimate of drug-likeness (QED) is 0.853. The molecule has 0 saturated heterocycles. The number of thioether (sulfide) groups is 1. The standard InChI is InChI=1S/C11H14BrN3S2/c1-7(3-4-17-2)15-10-9(14-11(15)16)5-8(12)6-13-10/h5-7H,3-4H2,1-2H3,(H,14,16). The summed E-state index contributed by atoms with van der Waals surface area (Å²) in [6.07, 6.45) is 5.03. The van der Waals surface area contributed by atoms with Gasteiger partial charge in [-0.05, 0) is 59.6 Å². The predicted molar refractivity (Wildman–Crippen MR) is 80.3 cm³/mol. The molecule has 1 N–H and O–H groups in total. The summed E-state index contributed by atoms with van der Waals surface area (Å²) in [6.45, 7) is 2.18. The van der Waals surface area contributed by atoms with Crippen molar-refractivity contribution in [2.75, 3.05) is 12.0 Å². The van der Waals surface area contributed by atoms with Crippen molar-refractivity contribution in [3.05, 3.63) is 21.5 Å². The third-order valence-corrected chi connectivity index (χ3v) is 4.08. The van der Waals surface area contributed by atoms with Crippen LogP contribution in [0, 0.1) is 4.77 Å². The normalized spacial score (nSPS) is 13.1. The van der Waals surface area contributed by atoms with Crippen LogP contribution in [0.4, 0.5) is 0 Å². The highest BCUT2D eigenvalue weighted by Gasteiger charge is 2.12. The Hall–Kier alpha value is -0.330. The number of nitrogens with zero attached hydrogens (tertiary/aromatic N) is 2. The predicted octanol–water partition coefficient (Wildman–Crippen LogP) is 4.17. The van der Waals surface area contributed by atoms with E-state index in [-0.39, 0.29) is 0 Å². The summed E-state index contributed by atoms with van der Waals surface area (Å²) in [4.78, 5) is 7.65. The number of imidazole rings is 1. The second-order valence-corrected chi connectivity index (χ2v) is 6.24. The fourth-order valence-corrected chi connectivity index (χ4v) is 3.10. The lowest BCUT2D eigenvalue weighted by molar-refractivity contribution is 0.539. The van der Waals surface area contributed by atoms with Crippen LogP contribution in [-0.4, -0.2) is 26.5 Å². The molecule has 1 unspecified atom stereocenters. The van der Waals surface area contributed by atoms with Crippen molar-refractivity contribution in [3.63, 3.8) is 0 Å². The summed E-state index contributed by atoms with van der Waals surface area (Å²) in [6, 6.07) is 2.38. The van der Waals surface area contributed by atoms with Crippen LogP contribution in [0.3, 0.4) is 0 Å². The second kappa shape index (κ2) is 5.54.